The van der Waals surface area contributed by atoms with Gasteiger partial charge in [0.15, 0.2) is 0 Å². The van der Waals surface area contributed by atoms with E-state index in [0.717, 1.165) is 48.9 Å². The van der Waals surface area contributed by atoms with Crippen molar-refractivity contribution in [2.75, 3.05) is 19.8 Å². The van der Waals surface area contributed by atoms with E-state index in [1.807, 2.05) is 20.8 Å². The predicted molar refractivity (Wildman–Crippen MR) is 151 cm³/mol. The molecule has 0 bridgehead atoms. The Morgan fingerprint density at radius 3 is 2.24 bits per heavy atom. The smallest absolute Gasteiger partial charge is 0.285 e. The van der Waals surface area contributed by atoms with E-state index in [9.17, 15) is 5.11 Å². The van der Waals surface area contributed by atoms with E-state index in [0.29, 0.717) is 30.7 Å². The number of hydrogen-bond donors (Lipinski definition) is 1. The zero-order valence-electron chi connectivity index (χ0n) is 25.2. The molecule has 0 spiro atoms. The first-order chi connectivity index (χ1) is 17.6. The van der Waals surface area contributed by atoms with Crippen molar-refractivity contribution in [3.05, 3.63) is 11.6 Å². The van der Waals surface area contributed by atoms with Crippen molar-refractivity contribution in [2.24, 2.45) is 46.3 Å². The highest BCUT2D eigenvalue weighted by Crippen LogP contribution is 2.67. The van der Waals surface area contributed by atoms with Crippen LogP contribution in [0.25, 0.3) is 0 Å². The van der Waals surface area contributed by atoms with Crippen molar-refractivity contribution in [1.82, 2.24) is 0 Å². The molecule has 37 heavy (non-hydrogen) atoms. The molecule has 0 aliphatic heterocycles. The number of fused-ring (bicyclic) bond motifs is 5. The Bertz CT molecular complexity index is 761. The summed E-state index contributed by atoms with van der Waals surface area (Å²) in [6.07, 6.45) is 16.0. The molecule has 9 atom stereocenters. The molecule has 3 fully saturated rings. The molecule has 4 aliphatic carbocycles. The fourth-order valence-corrected chi connectivity index (χ4v) is 9.90. The van der Waals surface area contributed by atoms with Crippen molar-refractivity contribution in [1.29, 1.82) is 0 Å². The summed E-state index contributed by atoms with van der Waals surface area (Å²) in [5, 5.41) is 10.3. The maximum absolute atomic E-state index is 10.3. The SMILES string of the molecule is CCOC(OCC)(OCC)C(C)CCC[C@@H](C)[C@H]1CC[C@H]2[C@@H]3CC=C4C[C@@H](O)CC[C@]4(C)[C@H]3CC[C@]12C. The maximum Gasteiger partial charge on any atom is 0.285 e. The first-order valence-electron chi connectivity index (χ1n) is 15.9. The molecule has 0 aromatic heterocycles. The van der Waals surface area contributed by atoms with Gasteiger partial charge >= 0.3 is 0 Å². The van der Waals surface area contributed by atoms with Gasteiger partial charge in [-0.25, -0.2) is 0 Å². The lowest BCUT2D eigenvalue weighted by molar-refractivity contribution is -0.400. The molecule has 1 N–H and O–H groups in total. The van der Waals surface area contributed by atoms with Crippen LogP contribution in [-0.4, -0.2) is 37.0 Å². The summed E-state index contributed by atoms with van der Waals surface area (Å²) >= 11 is 0. The van der Waals surface area contributed by atoms with Crippen LogP contribution in [0.15, 0.2) is 11.6 Å². The van der Waals surface area contributed by atoms with Gasteiger partial charge in [-0.15, -0.1) is 0 Å². The van der Waals surface area contributed by atoms with E-state index < -0.39 is 5.97 Å². The van der Waals surface area contributed by atoms with Crippen LogP contribution in [-0.2, 0) is 14.2 Å². The van der Waals surface area contributed by atoms with Crippen molar-refractivity contribution in [3.63, 3.8) is 0 Å². The number of ether oxygens (including phenoxy) is 3. The highest BCUT2D eigenvalue weighted by molar-refractivity contribution is 5.25. The van der Waals surface area contributed by atoms with Crippen LogP contribution < -0.4 is 0 Å². The molecule has 0 saturated heterocycles. The Morgan fingerprint density at radius 2 is 1.59 bits per heavy atom. The van der Waals surface area contributed by atoms with Crippen LogP contribution in [0.2, 0.25) is 0 Å². The molecule has 4 heteroatoms. The average molecular weight is 519 g/mol. The Balaban J connectivity index is 1.37. The molecule has 1 unspecified atom stereocenters. The van der Waals surface area contributed by atoms with Crippen LogP contribution in [0.1, 0.15) is 119 Å². The molecular weight excluding hydrogens is 460 g/mol. The number of allylic oxidation sites excluding steroid dienone is 1. The maximum atomic E-state index is 10.3. The third-order valence-corrected chi connectivity index (χ3v) is 11.8. The van der Waals surface area contributed by atoms with Gasteiger partial charge in [0.1, 0.15) is 0 Å². The van der Waals surface area contributed by atoms with Crippen LogP contribution >= 0.6 is 0 Å². The Hall–Kier alpha value is -0.420. The normalized spacial score (nSPS) is 39.4. The minimum Gasteiger partial charge on any atom is -0.393 e. The van der Waals surface area contributed by atoms with Gasteiger partial charge in [0.05, 0.1) is 6.10 Å². The minimum atomic E-state index is -0.900. The van der Waals surface area contributed by atoms with Crippen molar-refractivity contribution < 1.29 is 19.3 Å². The monoisotopic (exact) mass is 518 g/mol. The third kappa shape index (κ3) is 5.48. The van der Waals surface area contributed by atoms with Gasteiger partial charge in [0.25, 0.3) is 5.97 Å². The standard InChI is InChI=1S/C33H58O4/c1-8-35-33(36-9-2,37-10-3)24(5)13-11-12-23(4)28-16-17-29-27-15-14-25-22-26(34)18-20-31(25,6)30(27)19-21-32(28,29)7/h14,23-24,26-30,34H,8-13,15-22H2,1-7H3/t23-,24?,26+,27+,28-,29+,30+,31+,32-/m1/s1. The third-order valence-electron chi connectivity index (χ3n) is 11.8. The van der Waals surface area contributed by atoms with Crippen molar-refractivity contribution >= 4 is 0 Å². The summed E-state index contributed by atoms with van der Waals surface area (Å²) in [6.45, 7) is 17.9. The summed E-state index contributed by atoms with van der Waals surface area (Å²) in [4.78, 5) is 0. The molecule has 0 amide bonds. The van der Waals surface area contributed by atoms with Gasteiger partial charge in [0, 0.05) is 25.7 Å². The fourth-order valence-electron chi connectivity index (χ4n) is 9.90. The zero-order valence-corrected chi connectivity index (χ0v) is 25.2. The lowest BCUT2D eigenvalue weighted by Gasteiger charge is -2.58. The molecule has 0 aromatic carbocycles. The number of rotatable bonds is 12. The second-order valence-electron chi connectivity index (χ2n) is 13.6. The lowest BCUT2D eigenvalue weighted by Crippen LogP contribution is -2.50. The summed E-state index contributed by atoms with van der Waals surface area (Å²) in [6, 6.07) is 0. The van der Waals surface area contributed by atoms with Gasteiger partial charge < -0.3 is 19.3 Å². The summed E-state index contributed by atoms with van der Waals surface area (Å²) < 4.78 is 18.2. The average Bonchev–Trinajstić information content (AvgIpc) is 3.22. The van der Waals surface area contributed by atoms with Crippen molar-refractivity contribution in [3.8, 4) is 0 Å². The van der Waals surface area contributed by atoms with Gasteiger partial charge in [-0.2, -0.15) is 0 Å². The summed E-state index contributed by atoms with van der Waals surface area (Å²) in [5.41, 5.74) is 2.43. The van der Waals surface area contributed by atoms with E-state index in [-0.39, 0.29) is 12.0 Å². The van der Waals surface area contributed by atoms with Gasteiger partial charge in [-0.1, -0.05) is 52.2 Å². The number of hydrogen-bond acceptors (Lipinski definition) is 4. The first-order valence-corrected chi connectivity index (χ1v) is 15.9. The highest BCUT2D eigenvalue weighted by atomic mass is 16.9. The van der Waals surface area contributed by atoms with E-state index in [2.05, 4.69) is 33.8 Å². The van der Waals surface area contributed by atoms with Crippen LogP contribution in [0.3, 0.4) is 0 Å². The molecule has 4 rings (SSSR count). The number of aliphatic hydroxyl groups excluding tert-OH is 1. The second-order valence-corrected chi connectivity index (χ2v) is 13.6. The van der Waals surface area contributed by atoms with Crippen LogP contribution in [0.5, 0.6) is 0 Å². The molecule has 3 saturated carbocycles. The molecule has 0 heterocycles. The quantitative estimate of drug-likeness (QED) is 0.209. The Kier molecular flexibility index (Phi) is 9.58. The Labute approximate surface area is 228 Å². The fraction of sp³-hybridized carbons (Fsp3) is 0.939. The summed E-state index contributed by atoms with van der Waals surface area (Å²) in [7, 11) is 0. The molecule has 0 radical (unpaired) electrons. The van der Waals surface area contributed by atoms with E-state index in [1.54, 1.807) is 5.57 Å². The largest absolute Gasteiger partial charge is 0.393 e. The lowest BCUT2D eigenvalue weighted by atomic mass is 9.47. The summed E-state index contributed by atoms with van der Waals surface area (Å²) in [5.74, 6) is 3.47. The molecular formula is C33H58O4. The first kappa shape index (κ1) is 29.6. The predicted octanol–water partition coefficient (Wildman–Crippen LogP) is 8.13. The molecule has 214 valence electrons. The van der Waals surface area contributed by atoms with E-state index in [4.69, 9.17) is 14.2 Å². The van der Waals surface area contributed by atoms with Crippen LogP contribution in [0.4, 0.5) is 0 Å². The zero-order chi connectivity index (χ0) is 26.8. The van der Waals surface area contributed by atoms with Gasteiger partial charge in [-0.05, 0) is 119 Å². The molecule has 4 aliphatic rings. The van der Waals surface area contributed by atoms with E-state index >= 15 is 0 Å². The van der Waals surface area contributed by atoms with Gasteiger partial charge in [0.2, 0.25) is 0 Å². The minimum absolute atomic E-state index is 0.107. The molecule has 0 aromatic rings. The van der Waals surface area contributed by atoms with E-state index in [1.165, 1.54) is 51.4 Å². The van der Waals surface area contributed by atoms with Crippen molar-refractivity contribution in [2.45, 2.75) is 131 Å². The topological polar surface area (TPSA) is 47.9 Å². The Morgan fingerprint density at radius 1 is 0.919 bits per heavy atom. The number of aliphatic hydroxyl groups is 1. The van der Waals surface area contributed by atoms with Crippen LogP contribution in [0, 0.1) is 46.3 Å². The molecule has 4 nitrogen and oxygen atoms in total. The second kappa shape index (κ2) is 12.0. The highest BCUT2D eigenvalue weighted by Gasteiger charge is 2.59. The van der Waals surface area contributed by atoms with Gasteiger partial charge in [-0.3, -0.25) is 0 Å².